The first-order chi connectivity index (χ1) is 8.74. The van der Waals surface area contributed by atoms with E-state index in [0.29, 0.717) is 18.4 Å². The molecule has 18 heavy (non-hydrogen) atoms. The van der Waals surface area contributed by atoms with Crippen molar-refractivity contribution in [3.63, 3.8) is 0 Å². The van der Waals surface area contributed by atoms with E-state index in [2.05, 4.69) is 5.32 Å². The van der Waals surface area contributed by atoms with E-state index in [1.54, 1.807) is 14.2 Å². The standard InChI is InChI=1S/C14H21NO3/c1-10-8-12(16-2)14(13(9-10)17-3)18-7-6-15-11-4-5-11/h8-9,11,15H,4-7H2,1-3H3. The van der Waals surface area contributed by atoms with Gasteiger partial charge in [-0.1, -0.05) is 0 Å². The fourth-order valence-electron chi connectivity index (χ4n) is 1.86. The number of hydrogen-bond donors (Lipinski definition) is 1. The first-order valence-electron chi connectivity index (χ1n) is 6.33. The first kappa shape index (κ1) is 13.0. The average Bonchev–Trinajstić information content (AvgIpc) is 3.19. The summed E-state index contributed by atoms with van der Waals surface area (Å²) in [5, 5.41) is 3.41. The molecule has 1 saturated carbocycles. The van der Waals surface area contributed by atoms with E-state index in [-0.39, 0.29) is 0 Å². The molecule has 1 aromatic rings. The third-order valence-electron chi connectivity index (χ3n) is 2.96. The van der Waals surface area contributed by atoms with Crippen molar-refractivity contribution in [1.29, 1.82) is 0 Å². The number of methoxy groups -OCH3 is 2. The van der Waals surface area contributed by atoms with Crippen LogP contribution in [0.1, 0.15) is 18.4 Å². The van der Waals surface area contributed by atoms with Crippen LogP contribution in [0.15, 0.2) is 12.1 Å². The maximum Gasteiger partial charge on any atom is 0.203 e. The normalized spacial score (nSPS) is 14.4. The number of aryl methyl sites for hydroxylation is 1. The molecule has 4 nitrogen and oxygen atoms in total. The zero-order valence-electron chi connectivity index (χ0n) is 11.3. The summed E-state index contributed by atoms with van der Waals surface area (Å²) in [5.41, 5.74) is 1.09. The van der Waals surface area contributed by atoms with Crippen LogP contribution in [-0.2, 0) is 0 Å². The Morgan fingerprint density at radius 3 is 2.28 bits per heavy atom. The summed E-state index contributed by atoms with van der Waals surface area (Å²) in [6.07, 6.45) is 2.58. The molecule has 0 bridgehead atoms. The van der Waals surface area contributed by atoms with Crippen LogP contribution >= 0.6 is 0 Å². The van der Waals surface area contributed by atoms with Crippen LogP contribution in [0.4, 0.5) is 0 Å². The fraction of sp³-hybridized carbons (Fsp3) is 0.571. The van der Waals surface area contributed by atoms with Gasteiger partial charge in [0.1, 0.15) is 6.61 Å². The molecule has 1 aliphatic carbocycles. The highest BCUT2D eigenvalue weighted by Crippen LogP contribution is 2.38. The van der Waals surface area contributed by atoms with Crippen molar-refractivity contribution in [3.8, 4) is 17.2 Å². The molecule has 0 radical (unpaired) electrons. The lowest BCUT2D eigenvalue weighted by atomic mass is 10.2. The maximum atomic E-state index is 5.77. The van der Waals surface area contributed by atoms with Crippen LogP contribution in [0.2, 0.25) is 0 Å². The van der Waals surface area contributed by atoms with Crippen LogP contribution < -0.4 is 19.5 Å². The van der Waals surface area contributed by atoms with Gasteiger partial charge in [0.25, 0.3) is 0 Å². The number of rotatable bonds is 7. The van der Waals surface area contributed by atoms with Crippen LogP contribution in [0.3, 0.4) is 0 Å². The van der Waals surface area contributed by atoms with Gasteiger partial charge in [-0.2, -0.15) is 0 Å². The van der Waals surface area contributed by atoms with Crippen molar-refractivity contribution in [1.82, 2.24) is 5.32 Å². The van der Waals surface area contributed by atoms with Gasteiger partial charge in [0, 0.05) is 12.6 Å². The number of nitrogens with one attached hydrogen (secondary N) is 1. The van der Waals surface area contributed by atoms with E-state index in [1.165, 1.54) is 12.8 Å². The van der Waals surface area contributed by atoms with Crippen LogP contribution in [0.5, 0.6) is 17.2 Å². The summed E-state index contributed by atoms with van der Waals surface area (Å²) in [4.78, 5) is 0. The molecule has 1 aliphatic rings. The van der Waals surface area contributed by atoms with E-state index in [0.717, 1.165) is 23.6 Å². The molecule has 100 valence electrons. The lowest BCUT2D eigenvalue weighted by molar-refractivity contribution is 0.273. The molecule has 2 rings (SSSR count). The van der Waals surface area contributed by atoms with Gasteiger partial charge in [-0.25, -0.2) is 0 Å². The van der Waals surface area contributed by atoms with Gasteiger partial charge in [-0.3, -0.25) is 0 Å². The lowest BCUT2D eigenvalue weighted by Crippen LogP contribution is -2.23. The summed E-state index contributed by atoms with van der Waals surface area (Å²) in [7, 11) is 3.28. The van der Waals surface area contributed by atoms with Crippen molar-refractivity contribution in [3.05, 3.63) is 17.7 Å². The second-order valence-corrected chi connectivity index (χ2v) is 4.58. The Morgan fingerprint density at radius 1 is 1.17 bits per heavy atom. The Kier molecular flexibility index (Phi) is 4.31. The van der Waals surface area contributed by atoms with E-state index in [1.807, 2.05) is 19.1 Å². The fourth-order valence-corrected chi connectivity index (χ4v) is 1.86. The largest absolute Gasteiger partial charge is 0.493 e. The van der Waals surface area contributed by atoms with Crippen molar-refractivity contribution in [2.24, 2.45) is 0 Å². The number of ether oxygens (including phenoxy) is 3. The Balaban J connectivity index is 1.98. The Hall–Kier alpha value is -1.42. The topological polar surface area (TPSA) is 39.7 Å². The molecule has 4 heteroatoms. The van der Waals surface area contributed by atoms with Crippen LogP contribution in [0, 0.1) is 6.92 Å². The maximum absolute atomic E-state index is 5.77. The molecule has 0 aliphatic heterocycles. The molecule has 1 N–H and O–H groups in total. The first-order valence-corrected chi connectivity index (χ1v) is 6.33. The van der Waals surface area contributed by atoms with Crippen molar-refractivity contribution >= 4 is 0 Å². The van der Waals surface area contributed by atoms with Crippen LogP contribution in [-0.4, -0.2) is 33.4 Å². The van der Waals surface area contributed by atoms with Gasteiger partial charge >= 0.3 is 0 Å². The highest BCUT2D eigenvalue weighted by Gasteiger charge is 2.20. The minimum Gasteiger partial charge on any atom is -0.493 e. The predicted octanol–water partition coefficient (Wildman–Crippen LogP) is 2.14. The third kappa shape index (κ3) is 3.29. The van der Waals surface area contributed by atoms with E-state index < -0.39 is 0 Å². The molecule has 0 amide bonds. The molecule has 0 unspecified atom stereocenters. The summed E-state index contributed by atoms with van der Waals surface area (Å²) in [5.74, 6) is 2.12. The quantitative estimate of drug-likeness (QED) is 0.754. The second kappa shape index (κ2) is 5.96. The monoisotopic (exact) mass is 251 g/mol. The average molecular weight is 251 g/mol. The van der Waals surface area contributed by atoms with Gasteiger partial charge < -0.3 is 19.5 Å². The minimum atomic E-state index is 0.617. The highest BCUT2D eigenvalue weighted by atomic mass is 16.5. The Labute approximate surface area is 108 Å². The second-order valence-electron chi connectivity index (χ2n) is 4.58. The van der Waals surface area contributed by atoms with E-state index in [9.17, 15) is 0 Å². The molecule has 0 atom stereocenters. The third-order valence-corrected chi connectivity index (χ3v) is 2.96. The molecular weight excluding hydrogens is 230 g/mol. The van der Waals surface area contributed by atoms with Gasteiger partial charge in [0.15, 0.2) is 11.5 Å². The zero-order valence-corrected chi connectivity index (χ0v) is 11.3. The van der Waals surface area contributed by atoms with Crippen LogP contribution in [0.25, 0.3) is 0 Å². The highest BCUT2D eigenvalue weighted by molar-refractivity contribution is 5.53. The van der Waals surface area contributed by atoms with Crippen molar-refractivity contribution < 1.29 is 14.2 Å². The molecule has 1 aromatic carbocycles. The van der Waals surface area contributed by atoms with Gasteiger partial charge in [-0.15, -0.1) is 0 Å². The summed E-state index contributed by atoms with van der Waals surface area (Å²) in [6, 6.07) is 4.61. The number of hydrogen-bond acceptors (Lipinski definition) is 4. The van der Waals surface area contributed by atoms with E-state index in [4.69, 9.17) is 14.2 Å². The molecule has 0 saturated heterocycles. The molecule has 0 heterocycles. The Morgan fingerprint density at radius 2 is 1.78 bits per heavy atom. The van der Waals surface area contributed by atoms with Gasteiger partial charge in [0.05, 0.1) is 14.2 Å². The van der Waals surface area contributed by atoms with E-state index >= 15 is 0 Å². The van der Waals surface area contributed by atoms with Crippen molar-refractivity contribution in [2.45, 2.75) is 25.8 Å². The summed E-state index contributed by atoms with van der Waals surface area (Å²) >= 11 is 0. The predicted molar refractivity (Wildman–Crippen MR) is 70.8 cm³/mol. The van der Waals surface area contributed by atoms with Crippen molar-refractivity contribution in [2.75, 3.05) is 27.4 Å². The molecule has 0 aromatic heterocycles. The summed E-state index contributed by atoms with van der Waals surface area (Å²) < 4.78 is 16.4. The minimum absolute atomic E-state index is 0.617. The smallest absolute Gasteiger partial charge is 0.203 e. The molecule has 0 spiro atoms. The van der Waals surface area contributed by atoms with Gasteiger partial charge in [-0.05, 0) is 37.5 Å². The van der Waals surface area contributed by atoms with Gasteiger partial charge in [0.2, 0.25) is 5.75 Å². The zero-order chi connectivity index (χ0) is 13.0. The molecular formula is C14H21NO3. The SMILES string of the molecule is COc1cc(C)cc(OC)c1OCCNC1CC1. The summed E-state index contributed by atoms with van der Waals surface area (Å²) in [6.45, 7) is 3.47. The Bertz CT molecular complexity index is 377. The number of benzene rings is 1. The molecule has 1 fully saturated rings. The lowest BCUT2D eigenvalue weighted by Gasteiger charge is -2.15.